The lowest BCUT2D eigenvalue weighted by Crippen LogP contribution is -2.40. The van der Waals surface area contributed by atoms with Gasteiger partial charge in [0.15, 0.2) is 0 Å². The minimum Gasteiger partial charge on any atom is -0.444 e. The molecule has 1 unspecified atom stereocenters. The Bertz CT molecular complexity index is 329. The summed E-state index contributed by atoms with van der Waals surface area (Å²) in [6.45, 7) is 11.6. The van der Waals surface area contributed by atoms with Gasteiger partial charge < -0.3 is 9.64 Å². The molecule has 1 atom stereocenters. The normalized spacial score (nSPS) is 22.6. The first-order chi connectivity index (χ1) is 7.69. The second-order valence-electron chi connectivity index (χ2n) is 5.92. The van der Waals surface area contributed by atoms with E-state index in [4.69, 9.17) is 4.74 Å². The van der Waals surface area contributed by atoms with Crippen LogP contribution in [0.5, 0.6) is 0 Å². The summed E-state index contributed by atoms with van der Waals surface area (Å²) in [6.07, 6.45) is -0.358. The van der Waals surface area contributed by atoms with Crippen molar-refractivity contribution in [1.29, 1.82) is 0 Å². The van der Waals surface area contributed by atoms with Crippen molar-refractivity contribution in [1.82, 2.24) is 10.2 Å². The van der Waals surface area contributed by atoms with E-state index in [2.05, 4.69) is 31.1 Å². The smallest absolute Gasteiger partial charge is 0.411 e. The topological polar surface area (TPSA) is 41.6 Å². The lowest BCUT2D eigenvalue weighted by molar-refractivity contribution is 0.0535. The van der Waals surface area contributed by atoms with Crippen LogP contribution in [-0.2, 0) is 4.74 Å². The van der Waals surface area contributed by atoms with Gasteiger partial charge in [-0.05, 0) is 40.3 Å². The number of rotatable bonds is 1. The number of alkyl carbamates (subject to hydrolysis) is 1. The van der Waals surface area contributed by atoms with Crippen LogP contribution >= 0.6 is 0 Å². The molecule has 0 aromatic carbocycles. The standard InChI is InChI=1S/C13H24N2O2/c1-9-7-15(6)8-10(2)11(9)14-12(16)17-13(3,4)5/h9H,7-8H2,1-6H3,(H,14,16). The zero-order valence-electron chi connectivity index (χ0n) is 11.8. The van der Waals surface area contributed by atoms with E-state index in [1.54, 1.807) is 0 Å². The van der Waals surface area contributed by atoms with E-state index in [0.717, 1.165) is 18.8 Å². The van der Waals surface area contributed by atoms with Gasteiger partial charge in [-0.3, -0.25) is 5.32 Å². The minimum absolute atomic E-state index is 0.335. The Labute approximate surface area is 104 Å². The number of likely N-dealkylation sites (N-methyl/N-ethyl adjacent to an activating group) is 1. The zero-order valence-corrected chi connectivity index (χ0v) is 11.8. The number of amides is 1. The maximum absolute atomic E-state index is 11.7. The molecule has 0 spiro atoms. The van der Waals surface area contributed by atoms with E-state index in [-0.39, 0.29) is 6.09 Å². The number of carbonyl (C=O) groups excluding carboxylic acids is 1. The molecule has 0 fully saturated rings. The number of carbonyl (C=O) groups is 1. The van der Waals surface area contributed by atoms with Crippen LogP contribution in [0.15, 0.2) is 11.3 Å². The van der Waals surface area contributed by atoms with Crippen molar-refractivity contribution < 1.29 is 9.53 Å². The first-order valence-electron chi connectivity index (χ1n) is 6.07. The average Bonchev–Trinajstić information content (AvgIpc) is 2.08. The second-order valence-corrected chi connectivity index (χ2v) is 5.92. The molecule has 1 amide bonds. The van der Waals surface area contributed by atoms with Crippen LogP contribution in [0.1, 0.15) is 34.6 Å². The Morgan fingerprint density at radius 3 is 2.53 bits per heavy atom. The van der Waals surface area contributed by atoms with Gasteiger partial charge in [-0.15, -0.1) is 0 Å². The van der Waals surface area contributed by atoms with E-state index in [1.807, 2.05) is 20.8 Å². The largest absolute Gasteiger partial charge is 0.444 e. The highest BCUT2D eigenvalue weighted by Crippen LogP contribution is 2.20. The van der Waals surface area contributed by atoms with Crippen LogP contribution < -0.4 is 5.32 Å². The molecule has 1 heterocycles. The number of nitrogens with zero attached hydrogens (tertiary/aromatic N) is 1. The average molecular weight is 240 g/mol. The van der Waals surface area contributed by atoms with E-state index in [9.17, 15) is 4.79 Å². The van der Waals surface area contributed by atoms with Crippen molar-refractivity contribution in [2.24, 2.45) is 5.92 Å². The monoisotopic (exact) mass is 240 g/mol. The maximum atomic E-state index is 11.7. The van der Waals surface area contributed by atoms with E-state index < -0.39 is 5.60 Å². The third-order valence-electron chi connectivity index (χ3n) is 2.68. The first-order valence-corrected chi connectivity index (χ1v) is 6.07. The van der Waals surface area contributed by atoms with Crippen LogP contribution in [0.25, 0.3) is 0 Å². The summed E-state index contributed by atoms with van der Waals surface area (Å²) in [6, 6.07) is 0. The molecular weight excluding hydrogens is 216 g/mol. The Kier molecular flexibility index (Phi) is 4.20. The van der Waals surface area contributed by atoms with E-state index in [0.29, 0.717) is 5.92 Å². The van der Waals surface area contributed by atoms with Gasteiger partial charge in [0.2, 0.25) is 0 Å². The molecule has 0 bridgehead atoms. The summed E-state index contributed by atoms with van der Waals surface area (Å²) in [5.41, 5.74) is 1.77. The highest BCUT2D eigenvalue weighted by atomic mass is 16.6. The van der Waals surface area contributed by atoms with Crippen LogP contribution in [-0.4, -0.2) is 36.7 Å². The number of hydrogen-bond acceptors (Lipinski definition) is 3. The van der Waals surface area contributed by atoms with Gasteiger partial charge in [0.25, 0.3) is 0 Å². The van der Waals surface area contributed by atoms with Gasteiger partial charge in [0.1, 0.15) is 5.60 Å². The van der Waals surface area contributed by atoms with Crippen molar-refractivity contribution >= 4 is 6.09 Å². The molecule has 0 saturated carbocycles. The maximum Gasteiger partial charge on any atom is 0.411 e. The van der Waals surface area contributed by atoms with Crippen LogP contribution in [0, 0.1) is 5.92 Å². The molecule has 1 N–H and O–H groups in total. The molecule has 0 aromatic rings. The van der Waals surface area contributed by atoms with Crippen molar-refractivity contribution in [3.63, 3.8) is 0 Å². The van der Waals surface area contributed by atoms with Gasteiger partial charge in [-0.25, -0.2) is 4.79 Å². The van der Waals surface area contributed by atoms with Gasteiger partial charge in [0.05, 0.1) is 0 Å². The summed E-state index contributed by atoms with van der Waals surface area (Å²) < 4.78 is 5.27. The quantitative estimate of drug-likeness (QED) is 0.765. The Morgan fingerprint density at radius 1 is 1.47 bits per heavy atom. The highest BCUT2D eigenvalue weighted by Gasteiger charge is 2.24. The molecule has 0 saturated heterocycles. The fraction of sp³-hybridized carbons (Fsp3) is 0.769. The van der Waals surface area contributed by atoms with Crippen molar-refractivity contribution in [2.75, 3.05) is 20.1 Å². The van der Waals surface area contributed by atoms with Gasteiger partial charge in [-0.2, -0.15) is 0 Å². The molecule has 98 valence electrons. The molecule has 1 rings (SSSR count). The molecule has 4 nitrogen and oxygen atoms in total. The summed E-state index contributed by atoms with van der Waals surface area (Å²) in [4.78, 5) is 14.0. The van der Waals surface area contributed by atoms with E-state index >= 15 is 0 Å². The summed E-state index contributed by atoms with van der Waals surface area (Å²) >= 11 is 0. The summed E-state index contributed by atoms with van der Waals surface area (Å²) in [5, 5.41) is 2.89. The molecule has 17 heavy (non-hydrogen) atoms. The molecule has 4 heteroatoms. The molecule has 0 aliphatic carbocycles. The predicted molar refractivity (Wildman–Crippen MR) is 68.7 cm³/mol. The van der Waals surface area contributed by atoms with Gasteiger partial charge >= 0.3 is 6.09 Å². The van der Waals surface area contributed by atoms with Crippen molar-refractivity contribution in [3.05, 3.63) is 11.3 Å². The van der Waals surface area contributed by atoms with Crippen molar-refractivity contribution in [2.45, 2.75) is 40.2 Å². The number of nitrogens with one attached hydrogen (secondary N) is 1. The van der Waals surface area contributed by atoms with E-state index in [1.165, 1.54) is 5.57 Å². The Hall–Kier alpha value is -1.03. The molecule has 0 radical (unpaired) electrons. The zero-order chi connectivity index (χ0) is 13.2. The third kappa shape index (κ3) is 4.38. The second kappa shape index (κ2) is 5.08. The molecule has 1 aliphatic heterocycles. The molecule has 0 aromatic heterocycles. The highest BCUT2D eigenvalue weighted by molar-refractivity contribution is 5.70. The van der Waals surface area contributed by atoms with Gasteiger partial charge in [-0.1, -0.05) is 6.92 Å². The summed E-state index contributed by atoms with van der Waals surface area (Å²) in [7, 11) is 2.09. The van der Waals surface area contributed by atoms with Crippen molar-refractivity contribution in [3.8, 4) is 0 Å². The minimum atomic E-state index is -0.451. The van der Waals surface area contributed by atoms with Crippen LogP contribution in [0.4, 0.5) is 4.79 Å². The first kappa shape index (κ1) is 14.0. The molecule has 1 aliphatic rings. The number of hydrogen-bond donors (Lipinski definition) is 1. The third-order valence-corrected chi connectivity index (χ3v) is 2.68. The van der Waals surface area contributed by atoms with Gasteiger partial charge in [0, 0.05) is 24.7 Å². The lowest BCUT2D eigenvalue weighted by Gasteiger charge is -2.32. The predicted octanol–water partition coefficient (Wildman–Crippen LogP) is 2.37. The Balaban J connectivity index is 2.67. The SMILES string of the molecule is CC1=C(NC(=O)OC(C)(C)C)C(C)CN(C)C1. The molecular formula is C13H24N2O2. The van der Waals surface area contributed by atoms with Crippen LogP contribution in [0.2, 0.25) is 0 Å². The summed E-state index contributed by atoms with van der Waals surface area (Å²) in [5.74, 6) is 0.335. The fourth-order valence-corrected chi connectivity index (χ4v) is 2.18. The fourth-order valence-electron chi connectivity index (χ4n) is 2.18. The van der Waals surface area contributed by atoms with Crippen LogP contribution in [0.3, 0.4) is 0 Å². The Morgan fingerprint density at radius 2 is 2.06 bits per heavy atom. The number of ether oxygens (including phenoxy) is 1. The lowest BCUT2D eigenvalue weighted by atomic mass is 9.98.